The topological polar surface area (TPSA) is 85.3 Å². The molecule has 9 heteroatoms. The van der Waals surface area contributed by atoms with Crippen LogP contribution in [0.3, 0.4) is 0 Å². The quantitative estimate of drug-likeness (QED) is 0.223. The van der Waals surface area contributed by atoms with Crippen LogP contribution in [0, 0.1) is 11.3 Å². The summed E-state index contributed by atoms with van der Waals surface area (Å²) in [6.07, 6.45) is 0. The first kappa shape index (κ1) is 22.6. The van der Waals surface area contributed by atoms with Crippen molar-refractivity contribution in [1.29, 1.82) is 5.26 Å². The van der Waals surface area contributed by atoms with Crippen molar-refractivity contribution in [3.8, 4) is 17.6 Å². The van der Waals surface area contributed by atoms with E-state index in [0.717, 1.165) is 10.3 Å². The largest absolute Gasteiger partial charge is 0.440 e. The molecule has 0 fully saturated rings. The fraction of sp³-hybridized carbons (Fsp3) is 0.0400. The molecule has 2 heterocycles. The highest BCUT2D eigenvalue weighted by Crippen LogP contribution is 2.44. The Bertz CT molecular complexity index is 1540. The maximum atomic E-state index is 12.9. The Labute approximate surface area is 213 Å². The molecule has 0 aliphatic carbocycles. The highest BCUT2D eigenvalue weighted by molar-refractivity contribution is 7.21. The number of ether oxygens (including phenoxy) is 2. The van der Waals surface area contributed by atoms with Crippen LogP contribution in [-0.2, 0) is 0 Å². The van der Waals surface area contributed by atoms with Crippen molar-refractivity contribution in [1.82, 2.24) is 0 Å². The molecule has 1 aromatic heterocycles. The van der Waals surface area contributed by atoms with Gasteiger partial charge in [-0.25, -0.2) is 4.79 Å². The van der Waals surface area contributed by atoms with E-state index in [4.69, 9.17) is 50.0 Å². The third-order valence-corrected chi connectivity index (χ3v) is 7.59. The van der Waals surface area contributed by atoms with Gasteiger partial charge in [-0.15, -0.1) is 11.3 Å². The molecule has 0 saturated carbocycles. The minimum atomic E-state index is -0.617. The number of rotatable bonds is 3. The van der Waals surface area contributed by atoms with Crippen molar-refractivity contribution >= 4 is 62.2 Å². The van der Waals surface area contributed by atoms with Crippen LogP contribution in [0.15, 0.2) is 72.1 Å². The Morgan fingerprint density at radius 2 is 1.85 bits per heavy atom. The third-order valence-electron chi connectivity index (χ3n) is 5.40. The number of fused-ring (bicyclic) bond motifs is 2. The fourth-order valence-corrected chi connectivity index (χ4v) is 5.80. The Hall–Kier alpha value is -3.21. The molecule has 0 saturated heterocycles. The summed E-state index contributed by atoms with van der Waals surface area (Å²) in [4.78, 5) is 13.1. The minimum Gasteiger partial charge on any atom is -0.440 e. The number of thiophene rings is 1. The number of halogens is 3. The lowest BCUT2D eigenvalue weighted by Crippen LogP contribution is -2.21. The van der Waals surface area contributed by atoms with Crippen LogP contribution in [0.2, 0.25) is 15.1 Å². The first-order valence-electron chi connectivity index (χ1n) is 9.93. The number of nitrogens with two attached hydrogens (primary N) is 1. The van der Waals surface area contributed by atoms with Crippen molar-refractivity contribution in [3.63, 3.8) is 0 Å². The second-order valence-corrected chi connectivity index (χ2v) is 9.70. The molecule has 1 aliphatic heterocycles. The minimum absolute atomic E-state index is 0.0133. The number of allylic oxidation sites excluding steroid dienone is 1. The Balaban J connectivity index is 1.50. The molecule has 0 bridgehead atoms. The summed E-state index contributed by atoms with van der Waals surface area (Å²) >= 11 is 19.9. The fourth-order valence-electron chi connectivity index (χ4n) is 3.85. The van der Waals surface area contributed by atoms with E-state index in [2.05, 4.69) is 6.07 Å². The van der Waals surface area contributed by atoms with Crippen LogP contribution in [0.5, 0.6) is 11.5 Å². The normalized spacial score (nSPS) is 14.9. The maximum absolute atomic E-state index is 12.9. The Kier molecular flexibility index (Phi) is 5.88. The van der Waals surface area contributed by atoms with E-state index in [1.54, 1.807) is 42.5 Å². The molecule has 3 aromatic carbocycles. The average Bonchev–Trinajstić information content (AvgIpc) is 3.16. The molecular weight excluding hydrogens is 515 g/mol. The maximum Gasteiger partial charge on any atom is 0.355 e. The number of carbonyl (C=O) groups is 1. The average molecular weight is 528 g/mol. The van der Waals surface area contributed by atoms with E-state index in [1.807, 2.05) is 18.2 Å². The highest BCUT2D eigenvalue weighted by Gasteiger charge is 2.31. The summed E-state index contributed by atoms with van der Waals surface area (Å²) in [5.74, 6) is -0.456. The molecule has 1 unspecified atom stereocenters. The summed E-state index contributed by atoms with van der Waals surface area (Å²) < 4.78 is 12.1. The van der Waals surface area contributed by atoms with E-state index in [1.165, 1.54) is 11.3 Å². The number of benzene rings is 3. The van der Waals surface area contributed by atoms with Gasteiger partial charge in [0.05, 0.1) is 16.0 Å². The van der Waals surface area contributed by atoms with Gasteiger partial charge >= 0.3 is 5.97 Å². The molecule has 4 aromatic rings. The second kappa shape index (κ2) is 8.86. The number of nitrogens with zero attached hydrogens (tertiary/aromatic N) is 1. The summed E-state index contributed by atoms with van der Waals surface area (Å²) in [5.41, 5.74) is 7.87. The number of esters is 1. The van der Waals surface area contributed by atoms with Gasteiger partial charge in [-0.1, -0.05) is 59.1 Å². The third kappa shape index (κ3) is 3.87. The molecular formula is C25H13Cl3N2O3S. The zero-order valence-corrected chi connectivity index (χ0v) is 20.2. The van der Waals surface area contributed by atoms with Crippen molar-refractivity contribution in [2.24, 2.45) is 5.73 Å². The number of hydrogen-bond donors (Lipinski definition) is 1. The van der Waals surface area contributed by atoms with Gasteiger partial charge in [0, 0.05) is 26.7 Å². The van der Waals surface area contributed by atoms with Crippen LogP contribution < -0.4 is 15.2 Å². The standard InChI is InChI=1S/C25H13Cl3N2O3S/c26-13-6-4-12(5-7-13)20-15-9-8-14(10-18(15)33-24(30)16(20)11-29)32-25(31)23-22(28)21-17(27)2-1-3-19(21)34-23/h1-10,20H,30H2. The zero-order valence-electron chi connectivity index (χ0n) is 17.1. The lowest BCUT2D eigenvalue weighted by molar-refractivity contribution is 0.0740. The first-order chi connectivity index (χ1) is 16.4. The predicted molar refractivity (Wildman–Crippen MR) is 134 cm³/mol. The first-order valence-corrected chi connectivity index (χ1v) is 11.9. The van der Waals surface area contributed by atoms with Crippen molar-refractivity contribution in [3.05, 3.63) is 103 Å². The molecule has 5 nitrogen and oxygen atoms in total. The molecule has 2 N–H and O–H groups in total. The van der Waals surface area contributed by atoms with Gasteiger partial charge in [0.25, 0.3) is 0 Å². The van der Waals surface area contributed by atoms with Gasteiger partial charge in [0.15, 0.2) is 0 Å². The number of hydrogen-bond acceptors (Lipinski definition) is 6. The van der Waals surface area contributed by atoms with Gasteiger partial charge in [-0.3, -0.25) is 0 Å². The van der Waals surface area contributed by atoms with Crippen LogP contribution in [0.25, 0.3) is 10.1 Å². The molecule has 0 radical (unpaired) electrons. The van der Waals surface area contributed by atoms with Gasteiger partial charge in [0.1, 0.15) is 28.0 Å². The van der Waals surface area contributed by atoms with Gasteiger partial charge in [-0.05, 0) is 35.9 Å². The number of carbonyl (C=O) groups excluding carboxylic acids is 1. The van der Waals surface area contributed by atoms with E-state index >= 15 is 0 Å². The van der Waals surface area contributed by atoms with E-state index in [9.17, 15) is 10.1 Å². The summed E-state index contributed by atoms with van der Waals surface area (Å²) in [7, 11) is 0. The molecule has 34 heavy (non-hydrogen) atoms. The number of nitriles is 1. The van der Waals surface area contributed by atoms with E-state index in [-0.39, 0.29) is 27.1 Å². The van der Waals surface area contributed by atoms with E-state index in [0.29, 0.717) is 26.7 Å². The van der Waals surface area contributed by atoms with Gasteiger partial charge in [0.2, 0.25) is 5.88 Å². The monoisotopic (exact) mass is 526 g/mol. The Morgan fingerprint density at radius 1 is 1.09 bits per heavy atom. The van der Waals surface area contributed by atoms with Gasteiger partial charge in [-0.2, -0.15) is 5.26 Å². The molecule has 5 rings (SSSR count). The van der Waals surface area contributed by atoms with Gasteiger partial charge < -0.3 is 15.2 Å². The van der Waals surface area contributed by atoms with Crippen molar-refractivity contribution < 1.29 is 14.3 Å². The summed E-state index contributed by atoms with van der Waals surface area (Å²) in [5, 5.41) is 11.6. The SMILES string of the molecule is N#CC1=C(N)Oc2cc(OC(=O)c3sc4cccc(Cl)c4c3Cl)ccc2C1c1ccc(Cl)cc1. The zero-order chi connectivity index (χ0) is 24.0. The summed E-state index contributed by atoms with van der Waals surface area (Å²) in [6, 6.07) is 19.6. The summed E-state index contributed by atoms with van der Waals surface area (Å²) in [6.45, 7) is 0. The van der Waals surface area contributed by atoms with Crippen LogP contribution in [0.4, 0.5) is 0 Å². The second-order valence-electron chi connectivity index (χ2n) is 7.42. The molecule has 1 atom stereocenters. The highest BCUT2D eigenvalue weighted by atomic mass is 35.5. The predicted octanol–water partition coefficient (Wildman–Crippen LogP) is 7.30. The Morgan fingerprint density at radius 3 is 2.56 bits per heavy atom. The van der Waals surface area contributed by atoms with Crippen molar-refractivity contribution in [2.75, 3.05) is 0 Å². The molecule has 0 spiro atoms. The smallest absolute Gasteiger partial charge is 0.355 e. The van der Waals surface area contributed by atoms with E-state index < -0.39 is 11.9 Å². The van der Waals surface area contributed by atoms with Crippen LogP contribution in [-0.4, -0.2) is 5.97 Å². The molecule has 168 valence electrons. The molecule has 0 amide bonds. The molecule has 1 aliphatic rings. The lowest BCUT2D eigenvalue weighted by Gasteiger charge is -2.26. The lowest BCUT2D eigenvalue weighted by atomic mass is 9.83. The van der Waals surface area contributed by atoms with Crippen LogP contribution in [0.1, 0.15) is 26.7 Å². The van der Waals surface area contributed by atoms with Crippen molar-refractivity contribution in [2.45, 2.75) is 5.92 Å². The van der Waals surface area contributed by atoms with Crippen LogP contribution >= 0.6 is 46.1 Å².